The maximum absolute atomic E-state index is 12.8. The van der Waals surface area contributed by atoms with E-state index in [2.05, 4.69) is 35.8 Å². The minimum atomic E-state index is -1.11. The van der Waals surface area contributed by atoms with Gasteiger partial charge < -0.3 is 33.5 Å². The second kappa shape index (κ2) is 18.5. The van der Waals surface area contributed by atoms with E-state index in [1.807, 2.05) is 48.7 Å². The fourth-order valence-electron chi connectivity index (χ4n) is 7.44. The predicted molar refractivity (Wildman–Crippen MR) is 210 cm³/mol. The van der Waals surface area contributed by atoms with Gasteiger partial charge in [0.1, 0.15) is 5.69 Å². The van der Waals surface area contributed by atoms with Crippen LogP contribution in [0.4, 0.5) is 11.4 Å². The summed E-state index contributed by atoms with van der Waals surface area (Å²) in [6, 6.07) is 18.1. The first-order valence-corrected chi connectivity index (χ1v) is 19.2. The van der Waals surface area contributed by atoms with Crippen molar-refractivity contribution >= 4 is 52.2 Å². The smallest absolute Gasteiger partial charge is 0.320 e. The Kier molecular flexibility index (Phi) is 13.9. The third kappa shape index (κ3) is 9.28. The topological polar surface area (TPSA) is 137 Å². The Morgan fingerprint density at radius 2 is 1.29 bits per heavy atom. The number of hydrogen-bond acceptors (Lipinski definition) is 13. The van der Waals surface area contributed by atoms with Gasteiger partial charge in [0, 0.05) is 49.4 Å². The number of carbonyl (C=O) groups excluding carboxylic acids is 4. The number of anilines is 1. The Bertz CT molecular complexity index is 1840. The van der Waals surface area contributed by atoms with Gasteiger partial charge in [-0.1, -0.05) is 42.5 Å². The van der Waals surface area contributed by atoms with Crippen LogP contribution in [-0.2, 0) is 50.1 Å². The maximum atomic E-state index is 12.8. The number of benzene rings is 3. The molecule has 2 aliphatic rings. The first kappa shape index (κ1) is 41.2. The van der Waals surface area contributed by atoms with Gasteiger partial charge in [-0.2, -0.15) is 0 Å². The van der Waals surface area contributed by atoms with Gasteiger partial charge in [-0.15, -0.1) is 0 Å². The molecule has 0 saturated carbocycles. The highest BCUT2D eigenvalue weighted by Gasteiger charge is 2.60. The zero-order chi connectivity index (χ0) is 39.6. The number of carbonyl (C=O) groups is 4. The van der Waals surface area contributed by atoms with Crippen LogP contribution in [0.1, 0.15) is 65.5 Å². The largest absolute Gasteiger partial charge is 0.466 e. The zero-order valence-corrected chi connectivity index (χ0v) is 32.9. The summed E-state index contributed by atoms with van der Waals surface area (Å²) < 4.78 is 28.3. The molecular formula is C42H54N4O9. The van der Waals surface area contributed by atoms with E-state index in [1.54, 1.807) is 32.6 Å². The van der Waals surface area contributed by atoms with Gasteiger partial charge in [-0.25, -0.2) is 0 Å². The van der Waals surface area contributed by atoms with E-state index in [-0.39, 0.29) is 57.6 Å². The molecule has 3 aromatic rings. The van der Waals surface area contributed by atoms with Crippen LogP contribution >= 0.6 is 0 Å². The third-order valence-corrected chi connectivity index (χ3v) is 10.1. The lowest BCUT2D eigenvalue weighted by Crippen LogP contribution is -2.63. The van der Waals surface area contributed by atoms with Crippen molar-refractivity contribution in [1.82, 2.24) is 9.80 Å². The first-order valence-electron chi connectivity index (χ1n) is 19.2. The van der Waals surface area contributed by atoms with Crippen molar-refractivity contribution in [3.05, 3.63) is 65.7 Å². The lowest BCUT2D eigenvalue weighted by Gasteiger charge is -2.47. The Labute approximate surface area is 323 Å². The van der Waals surface area contributed by atoms with Gasteiger partial charge in [-0.05, 0) is 64.6 Å². The van der Waals surface area contributed by atoms with Crippen LogP contribution in [-0.4, -0.2) is 111 Å². The number of hydrogen-bond donors (Lipinski definition) is 0. The number of ether oxygens (including phenoxy) is 5. The van der Waals surface area contributed by atoms with Crippen molar-refractivity contribution in [1.29, 1.82) is 0 Å². The molecular weight excluding hydrogens is 704 g/mol. The standard InChI is InChI=1S/C42H54N4O9/c1-7-51-35(47)19-21-44(22-20-36(48)52-8-2)23-24-46-34-18-14-13-17-33(34)41(5,6)42(46)29-43-39-32-16-12-11-15-30(32)25-31(40(39)55-42)26-45(27-37(49)53-9-3)28-38(50)54-10-4/h11-18,25,29H,7-10,19-24,26-28H2,1-6H3. The molecule has 0 fully saturated rings. The molecule has 2 aliphatic heterocycles. The van der Waals surface area contributed by atoms with E-state index < -0.39 is 23.1 Å². The highest BCUT2D eigenvalue weighted by Crippen LogP contribution is 2.55. The van der Waals surface area contributed by atoms with Gasteiger partial charge in [0.05, 0.1) is 64.0 Å². The second-order valence-electron chi connectivity index (χ2n) is 14.0. The third-order valence-electron chi connectivity index (χ3n) is 10.1. The number of rotatable bonds is 19. The maximum Gasteiger partial charge on any atom is 0.320 e. The number of para-hydroxylation sites is 1. The average molecular weight is 759 g/mol. The molecule has 0 aliphatic carbocycles. The van der Waals surface area contributed by atoms with Gasteiger partial charge in [0.2, 0.25) is 5.72 Å². The van der Waals surface area contributed by atoms with Gasteiger partial charge in [-0.3, -0.25) is 29.1 Å². The molecule has 0 radical (unpaired) electrons. The van der Waals surface area contributed by atoms with Crippen molar-refractivity contribution in [3.8, 4) is 5.75 Å². The summed E-state index contributed by atoms with van der Waals surface area (Å²) in [5.74, 6) is -0.957. The fraction of sp³-hybridized carbons (Fsp3) is 0.500. The summed E-state index contributed by atoms with van der Waals surface area (Å²) in [5, 5.41) is 1.84. The Balaban J connectivity index is 1.55. The summed E-state index contributed by atoms with van der Waals surface area (Å²) in [5.41, 5.74) is 1.72. The number of aliphatic imine (C=N–C) groups is 1. The summed E-state index contributed by atoms with van der Waals surface area (Å²) in [7, 11) is 0. The van der Waals surface area contributed by atoms with E-state index in [0.29, 0.717) is 50.8 Å². The van der Waals surface area contributed by atoms with Crippen molar-refractivity contribution < 1.29 is 42.9 Å². The minimum absolute atomic E-state index is 0.126. The Hall–Kier alpha value is -5.01. The van der Waals surface area contributed by atoms with Crippen LogP contribution < -0.4 is 9.64 Å². The van der Waals surface area contributed by atoms with Gasteiger partial charge >= 0.3 is 23.9 Å². The lowest BCUT2D eigenvalue weighted by molar-refractivity contribution is -0.149. The van der Waals surface area contributed by atoms with Crippen LogP contribution in [0.25, 0.3) is 10.8 Å². The summed E-state index contributed by atoms with van der Waals surface area (Å²) >= 11 is 0. The SMILES string of the molecule is CCOC(=O)CCN(CCC(=O)OCC)CCN1c2ccccc2C(C)(C)C12C=Nc1c(c(CN(CC(=O)OCC)CC(=O)OCC)cc3ccccc13)O2. The highest BCUT2D eigenvalue weighted by molar-refractivity contribution is 6.01. The summed E-state index contributed by atoms with van der Waals surface area (Å²) in [6.07, 6.45) is 2.25. The van der Waals surface area contributed by atoms with Crippen LogP contribution in [0, 0.1) is 0 Å². The molecule has 0 saturated heterocycles. The van der Waals surface area contributed by atoms with E-state index in [4.69, 9.17) is 28.7 Å². The average Bonchev–Trinajstić information content (AvgIpc) is 3.33. The second-order valence-corrected chi connectivity index (χ2v) is 14.0. The minimum Gasteiger partial charge on any atom is -0.466 e. The molecule has 55 heavy (non-hydrogen) atoms. The van der Waals surface area contributed by atoms with E-state index in [1.165, 1.54) is 0 Å². The molecule has 0 N–H and O–H groups in total. The Morgan fingerprint density at radius 1 is 0.727 bits per heavy atom. The zero-order valence-electron chi connectivity index (χ0n) is 32.9. The molecule has 0 bridgehead atoms. The quantitative estimate of drug-likeness (QED) is 0.112. The molecule has 13 heteroatoms. The van der Waals surface area contributed by atoms with Gasteiger partial charge in [0.15, 0.2) is 5.75 Å². The Morgan fingerprint density at radius 3 is 1.91 bits per heavy atom. The molecule has 296 valence electrons. The molecule has 2 heterocycles. The van der Waals surface area contributed by atoms with Crippen molar-refractivity contribution in [2.24, 2.45) is 4.99 Å². The number of esters is 4. The van der Waals surface area contributed by atoms with Crippen molar-refractivity contribution in [3.63, 3.8) is 0 Å². The van der Waals surface area contributed by atoms with Crippen LogP contribution in [0.15, 0.2) is 59.6 Å². The van der Waals surface area contributed by atoms with E-state index in [9.17, 15) is 19.2 Å². The van der Waals surface area contributed by atoms with Crippen LogP contribution in [0.3, 0.4) is 0 Å². The molecule has 0 aromatic heterocycles. The fourth-order valence-corrected chi connectivity index (χ4v) is 7.44. The molecule has 13 nitrogen and oxygen atoms in total. The predicted octanol–water partition coefficient (Wildman–Crippen LogP) is 5.57. The summed E-state index contributed by atoms with van der Waals surface area (Å²) in [4.78, 5) is 61.5. The monoisotopic (exact) mass is 758 g/mol. The molecule has 1 spiro atoms. The van der Waals surface area contributed by atoms with Crippen molar-refractivity contribution in [2.75, 3.05) is 70.6 Å². The van der Waals surface area contributed by atoms with E-state index >= 15 is 0 Å². The normalized spacial score (nSPS) is 16.5. The molecule has 1 atom stereocenters. The first-order chi connectivity index (χ1) is 26.5. The highest BCUT2D eigenvalue weighted by atomic mass is 16.5. The van der Waals surface area contributed by atoms with E-state index in [0.717, 1.165) is 27.6 Å². The van der Waals surface area contributed by atoms with Crippen LogP contribution in [0.5, 0.6) is 5.75 Å². The number of fused-ring (bicyclic) bond motifs is 4. The number of nitrogens with zero attached hydrogens (tertiary/aromatic N) is 4. The van der Waals surface area contributed by atoms with Crippen molar-refractivity contribution in [2.45, 2.75) is 72.1 Å². The summed E-state index contributed by atoms with van der Waals surface area (Å²) in [6.45, 7) is 14.0. The molecule has 1 unspecified atom stereocenters. The molecule has 0 amide bonds. The van der Waals surface area contributed by atoms with Crippen LogP contribution in [0.2, 0.25) is 0 Å². The van der Waals surface area contributed by atoms with Gasteiger partial charge in [0.25, 0.3) is 0 Å². The molecule has 5 rings (SSSR count). The molecule has 3 aromatic carbocycles. The lowest BCUT2D eigenvalue weighted by atomic mass is 9.77.